The summed E-state index contributed by atoms with van der Waals surface area (Å²) in [5.41, 5.74) is 4.84. The van der Waals surface area contributed by atoms with Crippen molar-refractivity contribution >= 4 is 17.4 Å². The van der Waals surface area contributed by atoms with Crippen molar-refractivity contribution in [3.63, 3.8) is 0 Å². The van der Waals surface area contributed by atoms with Crippen LogP contribution in [0.15, 0.2) is 54.6 Å². The molecule has 6 heteroatoms. The van der Waals surface area contributed by atoms with E-state index >= 15 is 0 Å². The van der Waals surface area contributed by atoms with Gasteiger partial charge in [-0.3, -0.25) is 4.79 Å². The minimum atomic E-state index is 0.161. The number of rotatable bonds is 4. The molecule has 2 aliphatic rings. The predicted octanol–water partition coefficient (Wildman–Crippen LogP) is 4.03. The molecule has 0 spiro atoms. The van der Waals surface area contributed by atoms with Gasteiger partial charge in [-0.25, -0.2) is 9.97 Å². The van der Waals surface area contributed by atoms with E-state index in [1.165, 1.54) is 11.3 Å². The van der Waals surface area contributed by atoms with E-state index in [1.54, 1.807) is 7.11 Å². The molecule has 0 saturated carbocycles. The summed E-state index contributed by atoms with van der Waals surface area (Å²) in [6.07, 6.45) is 1.31. The van der Waals surface area contributed by atoms with Crippen LogP contribution in [0.1, 0.15) is 39.6 Å². The highest BCUT2D eigenvalue weighted by Crippen LogP contribution is 2.34. The Morgan fingerprint density at radius 1 is 0.875 bits per heavy atom. The van der Waals surface area contributed by atoms with Crippen molar-refractivity contribution in [2.24, 2.45) is 0 Å². The Morgan fingerprint density at radius 3 is 2.25 bits per heavy atom. The molecule has 0 amide bonds. The second kappa shape index (κ2) is 8.61. The molecule has 2 heterocycles. The lowest BCUT2D eigenvalue weighted by atomic mass is 9.81. The molecule has 3 aromatic rings. The van der Waals surface area contributed by atoms with E-state index in [9.17, 15) is 4.79 Å². The van der Waals surface area contributed by atoms with E-state index in [-0.39, 0.29) is 11.7 Å². The number of ether oxygens (including phenoxy) is 1. The van der Waals surface area contributed by atoms with Gasteiger partial charge in [0.15, 0.2) is 5.78 Å². The molecule has 2 aromatic carbocycles. The quantitative estimate of drug-likeness (QED) is 0.625. The summed E-state index contributed by atoms with van der Waals surface area (Å²) < 4.78 is 5.26. The van der Waals surface area contributed by atoms with Crippen LogP contribution in [0, 0.1) is 6.92 Å². The molecule has 1 aromatic heterocycles. The van der Waals surface area contributed by atoms with E-state index in [0.717, 1.165) is 61.2 Å². The monoisotopic (exact) mass is 428 g/mol. The molecular formula is C26H28N4O2. The number of benzene rings is 2. The highest BCUT2D eigenvalue weighted by atomic mass is 16.5. The van der Waals surface area contributed by atoms with Crippen LogP contribution in [-0.2, 0) is 6.42 Å². The molecule has 1 saturated heterocycles. The first-order chi connectivity index (χ1) is 15.6. The lowest BCUT2D eigenvalue weighted by Crippen LogP contribution is -2.47. The standard InChI is InChI=1S/C26H28N4O2/c1-18-25-23(16-20(17-24(25)31)19-6-4-3-5-7-19)28-26(27-18)30-14-12-29(13-15-30)21-8-10-22(32-2)11-9-21/h3-11,20H,12-17H2,1-2H3/t20-/m0/s1. The summed E-state index contributed by atoms with van der Waals surface area (Å²) in [5, 5.41) is 0. The fraction of sp³-hybridized carbons (Fsp3) is 0.346. The Hall–Kier alpha value is -3.41. The average molecular weight is 429 g/mol. The van der Waals surface area contributed by atoms with Gasteiger partial charge in [-0.15, -0.1) is 0 Å². The summed E-state index contributed by atoms with van der Waals surface area (Å²) in [4.78, 5) is 27.2. The number of nitrogens with zero attached hydrogens (tertiary/aromatic N) is 4. The molecule has 32 heavy (non-hydrogen) atoms. The lowest BCUT2D eigenvalue weighted by molar-refractivity contribution is 0.0962. The van der Waals surface area contributed by atoms with Gasteiger partial charge < -0.3 is 14.5 Å². The first-order valence-corrected chi connectivity index (χ1v) is 11.2. The van der Waals surface area contributed by atoms with E-state index in [2.05, 4.69) is 34.1 Å². The molecule has 1 fully saturated rings. The molecule has 0 radical (unpaired) electrons. The van der Waals surface area contributed by atoms with Crippen LogP contribution >= 0.6 is 0 Å². The van der Waals surface area contributed by atoms with Gasteiger partial charge in [0.1, 0.15) is 5.75 Å². The normalized spacial score (nSPS) is 18.4. The molecular weight excluding hydrogens is 400 g/mol. The summed E-state index contributed by atoms with van der Waals surface area (Å²) in [7, 11) is 1.68. The Balaban J connectivity index is 1.33. The van der Waals surface area contributed by atoms with Gasteiger partial charge in [0.25, 0.3) is 0 Å². The number of ketones is 1. The van der Waals surface area contributed by atoms with E-state index < -0.39 is 0 Å². The van der Waals surface area contributed by atoms with Gasteiger partial charge in [0.05, 0.1) is 24.1 Å². The minimum Gasteiger partial charge on any atom is -0.497 e. The van der Waals surface area contributed by atoms with Crippen LogP contribution in [0.25, 0.3) is 0 Å². The highest BCUT2D eigenvalue weighted by molar-refractivity contribution is 5.99. The number of aryl methyl sites for hydroxylation is 1. The molecule has 1 aliphatic heterocycles. The number of Topliss-reactive ketones (excluding diaryl/α,β-unsaturated/α-hetero) is 1. The van der Waals surface area contributed by atoms with Gasteiger partial charge in [-0.2, -0.15) is 0 Å². The number of anilines is 2. The SMILES string of the molecule is COc1ccc(N2CCN(c3nc(C)c4c(n3)C[C@H](c3ccccc3)CC4=O)CC2)cc1. The summed E-state index contributed by atoms with van der Waals surface area (Å²) >= 11 is 0. The van der Waals surface area contributed by atoms with E-state index in [4.69, 9.17) is 14.7 Å². The van der Waals surface area contributed by atoms with Gasteiger partial charge in [-0.1, -0.05) is 30.3 Å². The first-order valence-electron chi connectivity index (χ1n) is 11.2. The van der Waals surface area contributed by atoms with Crippen molar-refractivity contribution in [3.05, 3.63) is 77.1 Å². The fourth-order valence-electron chi connectivity index (χ4n) is 4.82. The number of methoxy groups -OCH3 is 1. The fourth-order valence-corrected chi connectivity index (χ4v) is 4.82. The van der Waals surface area contributed by atoms with Gasteiger partial charge >= 0.3 is 0 Å². The number of hydrogen-bond acceptors (Lipinski definition) is 6. The zero-order valence-corrected chi connectivity index (χ0v) is 18.6. The third-order valence-corrected chi connectivity index (χ3v) is 6.57. The predicted molar refractivity (Wildman–Crippen MR) is 126 cm³/mol. The molecule has 6 nitrogen and oxygen atoms in total. The molecule has 0 N–H and O–H groups in total. The molecule has 164 valence electrons. The van der Waals surface area contributed by atoms with E-state index in [1.807, 2.05) is 37.3 Å². The van der Waals surface area contributed by atoms with Crippen LogP contribution in [0.4, 0.5) is 11.6 Å². The maximum atomic E-state index is 12.9. The Morgan fingerprint density at radius 2 is 1.56 bits per heavy atom. The largest absolute Gasteiger partial charge is 0.497 e. The maximum absolute atomic E-state index is 12.9. The smallest absolute Gasteiger partial charge is 0.225 e. The molecule has 0 bridgehead atoms. The minimum absolute atomic E-state index is 0.161. The summed E-state index contributed by atoms with van der Waals surface area (Å²) in [5.74, 6) is 1.96. The summed E-state index contributed by atoms with van der Waals surface area (Å²) in [6, 6.07) is 18.5. The summed E-state index contributed by atoms with van der Waals surface area (Å²) in [6.45, 7) is 5.44. The van der Waals surface area contributed by atoms with Crippen LogP contribution in [0.2, 0.25) is 0 Å². The van der Waals surface area contributed by atoms with Crippen LogP contribution in [-0.4, -0.2) is 49.0 Å². The van der Waals surface area contributed by atoms with Gasteiger partial charge in [-0.05, 0) is 49.1 Å². The zero-order chi connectivity index (χ0) is 22.1. The number of carbonyl (C=O) groups is 1. The Bertz CT molecular complexity index is 1110. The second-order valence-corrected chi connectivity index (χ2v) is 8.54. The van der Waals surface area contributed by atoms with Crippen LogP contribution < -0.4 is 14.5 Å². The van der Waals surface area contributed by atoms with Crippen molar-refractivity contribution in [1.82, 2.24) is 9.97 Å². The number of piperazine rings is 1. The van der Waals surface area contributed by atoms with Crippen molar-refractivity contribution in [3.8, 4) is 5.75 Å². The third-order valence-electron chi connectivity index (χ3n) is 6.57. The lowest BCUT2D eigenvalue weighted by Gasteiger charge is -2.36. The number of hydrogen-bond donors (Lipinski definition) is 0. The first kappa shape index (κ1) is 20.5. The van der Waals surface area contributed by atoms with Gasteiger partial charge in [0.2, 0.25) is 5.95 Å². The Labute approximate surface area is 188 Å². The van der Waals surface area contributed by atoms with Gasteiger partial charge in [0, 0.05) is 38.3 Å². The Kier molecular flexibility index (Phi) is 5.52. The highest BCUT2D eigenvalue weighted by Gasteiger charge is 2.31. The van der Waals surface area contributed by atoms with Crippen molar-refractivity contribution in [2.75, 3.05) is 43.1 Å². The zero-order valence-electron chi connectivity index (χ0n) is 18.6. The number of fused-ring (bicyclic) bond motifs is 1. The van der Waals surface area contributed by atoms with Crippen LogP contribution in [0.5, 0.6) is 5.75 Å². The van der Waals surface area contributed by atoms with E-state index in [0.29, 0.717) is 6.42 Å². The van der Waals surface area contributed by atoms with Crippen molar-refractivity contribution in [1.29, 1.82) is 0 Å². The molecule has 1 atom stereocenters. The number of carbonyl (C=O) groups excluding carboxylic acids is 1. The number of aromatic nitrogens is 2. The topological polar surface area (TPSA) is 58.6 Å². The maximum Gasteiger partial charge on any atom is 0.225 e. The second-order valence-electron chi connectivity index (χ2n) is 8.54. The molecule has 0 unspecified atom stereocenters. The average Bonchev–Trinajstić information content (AvgIpc) is 2.84. The molecule has 5 rings (SSSR count). The molecule has 1 aliphatic carbocycles. The van der Waals surface area contributed by atoms with Crippen molar-refractivity contribution in [2.45, 2.75) is 25.7 Å². The third kappa shape index (κ3) is 3.93. The van der Waals surface area contributed by atoms with Crippen molar-refractivity contribution < 1.29 is 9.53 Å². The van der Waals surface area contributed by atoms with Crippen LogP contribution in [0.3, 0.4) is 0 Å².